The molecule has 4 heterocycles. The first-order chi connectivity index (χ1) is 13.9. The average molecular weight is 393 g/mol. The van der Waals surface area contributed by atoms with Gasteiger partial charge in [0.1, 0.15) is 0 Å². The molecule has 8 heteroatoms. The first-order valence-electron chi connectivity index (χ1n) is 9.95. The summed E-state index contributed by atoms with van der Waals surface area (Å²) in [5, 5.41) is 11.7. The van der Waals surface area contributed by atoms with Crippen LogP contribution in [0.1, 0.15) is 41.8 Å². The van der Waals surface area contributed by atoms with E-state index < -0.39 is 0 Å². The van der Waals surface area contributed by atoms with Gasteiger partial charge in [-0.05, 0) is 52.1 Å². The maximum Gasteiger partial charge on any atom is 0.257 e. The summed E-state index contributed by atoms with van der Waals surface area (Å²) in [5.74, 6) is 0.686. The largest absolute Gasteiger partial charge is 0.321 e. The van der Waals surface area contributed by atoms with Gasteiger partial charge < -0.3 is 10.2 Å². The average Bonchev–Trinajstić information content (AvgIpc) is 3.12. The fourth-order valence-corrected chi connectivity index (χ4v) is 3.80. The molecular weight excluding hydrogens is 366 g/mol. The summed E-state index contributed by atoms with van der Waals surface area (Å²) in [6.07, 6.45) is 3.49. The number of nitrogens with zero attached hydrogens (tertiary/aromatic N) is 6. The van der Waals surface area contributed by atoms with E-state index in [-0.39, 0.29) is 11.9 Å². The van der Waals surface area contributed by atoms with Gasteiger partial charge in [0.05, 0.1) is 23.5 Å². The lowest BCUT2D eigenvalue weighted by Gasteiger charge is -2.41. The van der Waals surface area contributed by atoms with Crippen LogP contribution in [-0.2, 0) is 0 Å². The van der Waals surface area contributed by atoms with E-state index in [2.05, 4.69) is 51.2 Å². The molecule has 8 nitrogen and oxygen atoms in total. The number of hydrogen-bond donors (Lipinski definition) is 1. The Morgan fingerprint density at radius 3 is 2.72 bits per heavy atom. The van der Waals surface area contributed by atoms with E-state index >= 15 is 0 Å². The van der Waals surface area contributed by atoms with Gasteiger partial charge in [-0.25, -0.2) is 0 Å². The van der Waals surface area contributed by atoms with Crippen molar-refractivity contribution in [2.75, 3.05) is 32.0 Å². The summed E-state index contributed by atoms with van der Waals surface area (Å²) in [6.45, 7) is 9.21. The van der Waals surface area contributed by atoms with Crippen molar-refractivity contribution in [3.05, 3.63) is 53.7 Å². The molecule has 0 saturated carbocycles. The minimum atomic E-state index is -0.182. The molecule has 152 valence electrons. The topological polar surface area (TPSA) is 78.7 Å². The Hall–Kier alpha value is -2.84. The van der Waals surface area contributed by atoms with Crippen LogP contribution in [0.3, 0.4) is 0 Å². The van der Waals surface area contributed by atoms with Crippen LogP contribution in [0.5, 0.6) is 0 Å². The van der Waals surface area contributed by atoms with Crippen LogP contribution in [0.15, 0.2) is 36.7 Å². The number of aromatic nitrogens is 4. The number of piperazine rings is 1. The smallest absolute Gasteiger partial charge is 0.257 e. The van der Waals surface area contributed by atoms with E-state index in [1.807, 2.05) is 35.7 Å². The van der Waals surface area contributed by atoms with Gasteiger partial charge in [0.2, 0.25) is 0 Å². The number of aryl methyl sites for hydroxylation is 1. The van der Waals surface area contributed by atoms with Crippen molar-refractivity contribution < 1.29 is 4.79 Å². The molecular formula is C21H27N7O. The lowest BCUT2D eigenvalue weighted by Crippen LogP contribution is -2.50. The number of carbonyl (C=O) groups is 1. The first-order valence-corrected chi connectivity index (χ1v) is 9.95. The second-order valence-electron chi connectivity index (χ2n) is 7.96. The standard InChI is InChI=1S/C21H27N7O/c1-14(2)27-10-9-26(4)13-18(27)20-25-24-19-8-6-16(12-28(19)20)21(29)23-17-7-5-15(3)22-11-17/h5-8,11-12,14,18H,9-10,13H2,1-4H3,(H,23,29). The van der Waals surface area contributed by atoms with Gasteiger partial charge in [-0.1, -0.05) is 0 Å². The van der Waals surface area contributed by atoms with Crippen LogP contribution in [0.4, 0.5) is 5.69 Å². The summed E-state index contributed by atoms with van der Waals surface area (Å²) in [6, 6.07) is 7.87. The second kappa shape index (κ2) is 7.88. The third-order valence-electron chi connectivity index (χ3n) is 5.45. The molecule has 1 N–H and O–H groups in total. The summed E-state index contributed by atoms with van der Waals surface area (Å²) in [4.78, 5) is 21.7. The fraction of sp³-hybridized carbons (Fsp3) is 0.429. The molecule has 1 amide bonds. The second-order valence-corrected chi connectivity index (χ2v) is 7.96. The molecule has 3 aromatic rings. The Balaban J connectivity index is 1.65. The van der Waals surface area contributed by atoms with Crippen LogP contribution in [-0.4, -0.2) is 68.0 Å². The molecule has 0 aliphatic carbocycles. The fourth-order valence-electron chi connectivity index (χ4n) is 3.80. The SMILES string of the molecule is Cc1ccc(NC(=O)c2ccc3nnc(C4CN(C)CCN4C(C)C)n3c2)cn1. The molecule has 29 heavy (non-hydrogen) atoms. The van der Waals surface area contributed by atoms with Gasteiger partial charge in [-0.3, -0.25) is 19.1 Å². The van der Waals surface area contributed by atoms with Crippen molar-refractivity contribution in [3.63, 3.8) is 0 Å². The van der Waals surface area contributed by atoms with Crippen molar-refractivity contribution in [3.8, 4) is 0 Å². The normalized spacial score (nSPS) is 18.4. The van der Waals surface area contributed by atoms with E-state index in [9.17, 15) is 4.79 Å². The van der Waals surface area contributed by atoms with Crippen LogP contribution < -0.4 is 5.32 Å². The molecule has 1 fully saturated rings. The van der Waals surface area contributed by atoms with Gasteiger partial charge in [0, 0.05) is 37.6 Å². The minimum Gasteiger partial charge on any atom is -0.321 e. The van der Waals surface area contributed by atoms with Crippen LogP contribution in [0, 0.1) is 6.92 Å². The van der Waals surface area contributed by atoms with Crippen molar-refractivity contribution >= 4 is 17.2 Å². The highest BCUT2D eigenvalue weighted by Gasteiger charge is 2.31. The highest BCUT2D eigenvalue weighted by atomic mass is 16.1. The zero-order chi connectivity index (χ0) is 20.5. The molecule has 1 saturated heterocycles. The van der Waals surface area contributed by atoms with E-state index in [4.69, 9.17) is 0 Å². The summed E-state index contributed by atoms with van der Waals surface area (Å²) in [5.41, 5.74) is 2.88. The molecule has 0 bridgehead atoms. The summed E-state index contributed by atoms with van der Waals surface area (Å²) >= 11 is 0. The molecule has 1 unspecified atom stereocenters. The molecule has 3 aromatic heterocycles. The zero-order valence-electron chi connectivity index (χ0n) is 17.3. The van der Waals surface area contributed by atoms with Crippen molar-refractivity contribution in [1.29, 1.82) is 0 Å². The highest BCUT2D eigenvalue weighted by molar-refractivity contribution is 6.04. The van der Waals surface area contributed by atoms with Crippen molar-refractivity contribution in [2.45, 2.75) is 32.9 Å². The van der Waals surface area contributed by atoms with Crippen LogP contribution in [0.25, 0.3) is 5.65 Å². The zero-order valence-corrected chi connectivity index (χ0v) is 17.3. The molecule has 0 spiro atoms. The van der Waals surface area contributed by atoms with Gasteiger partial charge in [-0.2, -0.15) is 0 Å². The molecule has 1 aliphatic heterocycles. The number of likely N-dealkylation sites (N-methyl/N-ethyl adjacent to an activating group) is 1. The van der Waals surface area contributed by atoms with Crippen molar-refractivity contribution in [1.82, 2.24) is 29.4 Å². The Labute approximate surface area is 170 Å². The lowest BCUT2D eigenvalue weighted by molar-refractivity contribution is 0.0586. The van der Waals surface area contributed by atoms with Gasteiger partial charge in [0.15, 0.2) is 11.5 Å². The number of pyridine rings is 2. The molecule has 0 aromatic carbocycles. The minimum absolute atomic E-state index is 0.128. The number of amides is 1. The molecule has 4 rings (SSSR count). The quantitative estimate of drug-likeness (QED) is 0.733. The molecule has 1 aliphatic rings. The first kappa shape index (κ1) is 19.5. The van der Waals surface area contributed by atoms with Crippen molar-refractivity contribution in [2.24, 2.45) is 0 Å². The summed E-state index contributed by atoms with van der Waals surface area (Å²) in [7, 11) is 2.13. The number of nitrogens with one attached hydrogen (secondary N) is 1. The van der Waals surface area contributed by atoms with Crippen LogP contribution in [0.2, 0.25) is 0 Å². The van der Waals surface area contributed by atoms with Crippen LogP contribution >= 0.6 is 0 Å². The number of hydrogen-bond acceptors (Lipinski definition) is 6. The number of rotatable bonds is 4. The Kier molecular flexibility index (Phi) is 5.29. The molecule has 0 radical (unpaired) electrons. The maximum atomic E-state index is 12.8. The highest BCUT2D eigenvalue weighted by Crippen LogP contribution is 2.26. The maximum absolute atomic E-state index is 12.8. The van der Waals surface area contributed by atoms with E-state index in [0.717, 1.165) is 36.8 Å². The van der Waals surface area contributed by atoms with Gasteiger partial charge in [0.25, 0.3) is 5.91 Å². The number of fused-ring (bicyclic) bond motifs is 1. The van der Waals surface area contributed by atoms with E-state index in [1.54, 1.807) is 12.3 Å². The molecule has 1 atom stereocenters. The van der Waals surface area contributed by atoms with Gasteiger partial charge >= 0.3 is 0 Å². The van der Waals surface area contributed by atoms with E-state index in [0.29, 0.717) is 17.3 Å². The predicted molar refractivity (Wildman–Crippen MR) is 112 cm³/mol. The van der Waals surface area contributed by atoms with Gasteiger partial charge in [-0.15, -0.1) is 10.2 Å². The third kappa shape index (κ3) is 3.99. The Morgan fingerprint density at radius 2 is 2.00 bits per heavy atom. The lowest BCUT2D eigenvalue weighted by atomic mass is 10.1. The Morgan fingerprint density at radius 1 is 1.17 bits per heavy atom. The van der Waals surface area contributed by atoms with E-state index in [1.165, 1.54) is 0 Å². The number of carbonyl (C=O) groups excluding carboxylic acids is 1. The Bertz CT molecular complexity index is 1010. The third-order valence-corrected chi connectivity index (χ3v) is 5.45. The summed E-state index contributed by atoms with van der Waals surface area (Å²) < 4.78 is 1.95. The number of anilines is 1. The predicted octanol–water partition coefficient (Wildman–Crippen LogP) is 2.38. The monoisotopic (exact) mass is 393 g/mol.